The number of ether oxygens (including phenoxy) is 2. The van der Waals surface area contributed by atoms with Crippen molar-refractivity contribution >= 4 is 5.97 Å². The van der Waals surface area contributed by atoms with Gasteiger partial charge in [0.05, 0.1) is 19.6 Å². The minimum atomic E-state index is -0.121. The molecule has 1 rings (SSSR count). The molecule has 0 atom stereocenters. The Balaban J connectivity index is 2.57. The highest BCUT2D eigenvalue weighted by Gasteiger charge is 2.36. The van der Waals surface area contributed by atoms with Crippen molar-refractivity contribution in [2.75, 3.05) is 20.8 Å². The summed E-state index contributed by atoms with van der Waals surface area (Å²) in [6.45, 7) is 3.09. The second kappa shape index (κ2) is 6.97. The number of carbonyl (C=O) groups is 1. The first kappa shape index (κ1) is 14.5. The molecule has 0 radical (unpaired) electrons. The molecule has 0 aromatic rings. The molecule has 1 saturated carbocycles. The molecule has 0 bridgehead atoms. The van der Waals surface area contributed by atoms with Gasteiger partial charge in [-0.15, -0.1) is 0 Å². The number of rotatable bonds is 6. The molecule has 0 aromatic carbocycles. The third kappa shape index (κ3) is 4.28. The van der Waals surface area contributed by atoms with Crippen LogP contribution in [-0.4, -0.2) is 38.4 Å². The third-order valence-corrected chi connectivity index (χ3v) is 3.68. The van der Waals surface area contributed by atoms with Gasteiger partial charge < -0.3 is 14.8 Å². The fraction of sp³-hybridized carbons (Fsp3) is 0.923. The Hall–Kier alpha value is -0.610. The van der Waals surface area contributed by atoms with E-state index in [0.29, 0.717) is 12.5 Å². The smallest absolute Gasteiger partial charge is 0.307 e. The van der Waals surface area contributed by atoms with Crippen molar-refractivity contribution in [3.8, 4) is 0 Å². The minimum Gasteiger partial charge on any atom is -0.469 e. The van der Waals surface area contributed by atoms with Crippen LogP contribution in [0.3, 0.4) is 0 Å². The van der Waals surface area contributed by atoms with Crippen LogP contribution in [0.4, 0.5) is 0 Å². The molecule has 1 N–H and O–H groups in total. The average molecular weight is 243 g/mol. The Morgan fingerprint density at radius 2 is 2.00 bits per heavy atom. The molecule has 0 amide bonds. The van der Waals surface area contributed by atoms with Crippen LogP contribution in [0.15, 0.2) is 0 Å². The standard InChI is InChI=1S/C13H25NO3/c1-4-9-14-13(10-12(15)17-3)7-5-11(16-2)6-8-13/h11,14H,4-10H2,1-3H3. The fourth-order valence-corrected chi connectivity index (χ4v) is 2.53. The highest BCUT2D eigenvalue weighted by Crippen LogP contribution is 2.32. The highest BCUT2D eigenvalue weighted by atomic mass is 16.5. The number of hydrogen-bond donors (Lipinski definition) is 1. The third-order valence-electron chi connectivity index (χ3n) is 3.68. The van der Waals surface area contributed by atoms with Crippen molar-refractivity contribution < 1.29 is 14.3 Å². The lowest BCUT2D eigenvalue weighted by atomic mass is 9.78. The summed E-state index contributed by atoms with van der Waals surface area (Å²) in [7, 11) is 3.22. The zero-order valence-corrected chi connectivity index (χ0v) is 11.3. The maximum absolute atomic E-state index is 11.5. The molecule has 1 aliphatic carbocycles. The molecule has 0 unspecified atom stereocenters. The lowest BCUT2D eigenvalue weighted by Gasteiger charge is -2.40. The summed E-state index contributed by atoms with van der Waals surface area (Å²) in [5.41, 5.74) is -0.0713. The molecule has 4 nitrogen and oxygen atoms in total. The van der Waals surface area contributed by atoms with Gasteiger partial charge in [-0.05, 0) is 38.6 Å². The molecule has 17 heavy (non-hydrogen) atoms. The lowest BCUT2D eigenvalue weighted by Crippen LogP contribution is -2.50. The molecule has 0 aromatic heterocycles. The van der Waals surface area contributed by atoms with Crippen LogP contribution in [0, 0.1) is 0 Å². The van der Waals surface area contributed by atoms with Crippen LogP contribution in [0.2, 0.25) is 0 Å². The molecule has 1 aliphatic rings. The van der Waals surface area contributed by atoms with Gasteiger partial charge in [-0.1, -0.05) is 6.92 Å². The normalized spacial score (nSPS) is 29.0. The molecule has 0 spiro atoms. The van der Waals surface area contributed by atoms with E-state index in [1.165, 1.54) is 7.11 Å². The zero-order valence-electron chi connectivity index (χ0n) is 11.3. The SMILES string of the molecule is CCCNC1(CC(=O)OC)CCC(OC)CC1. The lowest BCUT2D eigenvalue weighted by molar-refractivity contribution is -0.143. The Bertz CT molecular complexity index is 235. The van der Waals surface area contributed by atoms with E-state index in [0.717, 1.165) is 38.6 Å². The Kier molecular flexibility index (Phi) is 5.92. The van der Waals surface area contributed by atoms with Gasteiger partial charge in [-0.25, -0.2) is 0 Å². The first-order valence-electron chi connectivity index (χ1n) is 6.50. The topological polar surface area (TPSA) is 47.6 Å². The van der Waals surface area contributed by atoms with Crippen LogP contribution in [0.5, 0.6) is 0 Å². The van der Waals surface area contributed by atoms with E-state index in [2.05, 4.69) is 12.2 Å². The molecule has 4 heteroatoms. The van der Waals surface area contributed by atoms with Crippen molar-refractivity contribution in [2.45, 2.75) is 57.1 Å². The van der Waals surface area contributed by atoms with Gasteiger partial charge in [0.15, 0.2) is 0 Å². The Labute approximate surface area is 104 Å². The van der Waals surface area contributed by atoms with Crippen molar-refractivity contribution in [3.63, 3.8) is 0 Å². The zero-order chi connectivity index (χ0) is 12.7. The number of nitrogens with one attached hydrogen (secondary N) is 1. The largest absolute Gasteiger partial charge is 0.469 e. The molecule has 0 aliphatic heterocycles. The van der Waals surface area contributed by atoms with E-state index in [4.69, 9.17) is 9.47 Å². The van der Waals surface area contributed by atoms with Crippen molar-refractivity contribution in [1.29, 1.82) is 0 Å². The van der Waals surface area contributed by atoms with Crippen LogP contribution < -0.4 is 5.32 Å². The van der Waals surface area contributed by atoms with E-state index in [9.17, 15) is 4.79 Å². The maximum Gasteiger partial charge on any atom is 0.307 e. The van der Waals surface area contributed by atoms with E-state index in [1.54, 1.807) is 7.11 Å². The van der Waals surface area contributed by atoms with E-state index in [1.807, 2.05) is 0 Å². The van der Waals surface area contributed by atoms with E-state index >= 15 is 0 Å². The first-order chi connectivity index (χ1) is 8.15. The van der Waals surface area contributed by atoms with Gasteiger partial charge in [-0.2, -0.15) is 0 Å². The fourth-order valence-electron chi connectivity index (χ4n) is 2.53. The molecule has 0 heterocycles. The van der Waals surface area contributed by atoms with Gasteiger partial charge in [0.2, 0.25) is 0 Å². The van der Waals surface area contributed by atoms with Crippen LogP contribution in [0.1, 0.15) is 45.4 Å². The maximum atomic E-state index is 11.5. The number of hydrogen-bond acceptors (Lipinski definition) is 4. The molecule has 100 valence electrons. The van der Waals surface area contributed by atoms with Crippen molar-refractivity contribution in [3.05, 3.63) is 0 Å². The molecular formula is C13H25NO3. The predicted octanol–water partition coefficient (Wildman–Crippen LogP) is 1.88. The average Bonchev–Trinajstić information content (AvgIpc) is 2.37. The van der Waals surface area contributed by atoms with Crippen molar-refractivity contribution in [1.82, 2.24) is 5.32 Å². The van der Waals surface area contributed by atoms with Gasteiger partial charge in [0.25, 0.3) is 0 Å². The van der Waals surface area contributed by atoms with Gasteiger partial charge >= 0.3 is 5.97 Å². The number of methoxy groups -OCH3 is 2. The summed E-state index contributed by atoms with van der Waals surface area (Å²) >= 11 is 0. The molecular weight excluding hydrogens is 218 g/mol. The second-order valence-corrected chi connectivity index (χ2v) is 4.90. The van der Waals surface area contributed by atoms with Crippen LogP contribution in [0.25, 0.3) is 0 Å². The summed E-state index contributed by atoms with van der Waals surface area (Å²) < 4.78 is 10.2. The van der Waals surface area contributed by atoms with Crippen molar-refractivity contribution in [2.24, 2.45) is 0 Å². The number of carbonyl (C=O) groups excluding carboxylic acids is 1. The Morgan fingerprint density at radius 1 is 1.35 bits per heavy atom. The van der Waals surface area contributed by atoms with Gasteiger partial charge in [-0.3, -0.25) is 4.79 Å². The summed E-state index contributed by atoms with van der Waals surface area (Å²) in [5, 5.41) is 3.54. The summed E-state index contributed by atoms with van der Waals surface area (Å²) in [6, 6.07) is 0. The minimum absolute atomic E-state index is 0.0713. The van der Waals surface area contributed by atoms with Gasteiger partial charge in [0, 0.05) is 12.6 Å². The molecule has 0 saturated heterocycles. The van der Waals surface area contributed by atoms with Gasteiger partial charge in [0.1, 0.15) is 0 Å². The molecule has 1 fully saturated rings. The quantitative estimate of drug-likeness (QED) is 0.724. The second-order valence-electron chi connectivity index (χ2n) is 4.90. The predicted molar refractivity (Wildman–Crippen MR) is 66.9 cm³/mol. The highest BCUT2D eigenvalue weighted by molar-refractivity contribution is 5.70. The monoisotopic (exact) mass is 243 g/mol. The summed E-state index contributed by atoms with van der Waals surface area (Å²) in [6.07, 6.45) is 5.91. The first-order valence-corrected chi connectivity index (χ1v) is 6.50. The Morgan fingerprint density at radius 3 is 2.47 bits per heavy atom. The van der Waals surface area contributed by atoms with Crippen LogP contribution >= 0.6 is 0 Å². The summed E-state index contributed by atoms with van der Waals surface area (Å²) in [4.78, 5) is 11.5. The van der Waals surface area contributed by atoms with Crippen LogP contribution in [-0.2, 0) is 14.3 Å². The van der Waals surface area contributed by atoms with E-state index < -0.39 is 0 Å². The number of esters is 1. The van der Waals surface area contributed by atoms with E-state index in [-0.39, 0.29) is 11.5 Å². The summed E-state index contributed by atoms with van der Waals surface area (Å²) in [5.74, 6) is -0.121.